The van der Waals surface area contributed by atoms with E-state index in [1.54, 1.807) is 13.8 Å². The van der Waals surface area contributed by atoms with Gasteiger partial charge in [-0.05, 0) is 32.0 Å². The fourth-order valence-corrected chi connectivity index (χ4v) is 1.75. The first-order valence-electron chi connectivity index (χ1n) is 6.51. The van der Waals surface area contributed by atoms with Crippen LogP contribution in [0.5, 0.6) is 0 Å². The van der Waals surface area contributed by atoms with E-state index in [0.717, 1.165) is 0 Å². The fourth-order valence-electron chi connectivity index (χ4n) is 1.37. The van der Waals surface area contributed by atoms with E-state index in [1.165, 1.54) is 0 Å². The Balaban J connectivity index is 4.49. The van der Waals surface area contributed by atoms with E-state index in [2.05, 4.69) is 10.1 Å². The van der Waals surface area contributed by atoms with E-state index >= 15 is 0 Å². The van der Waals surface area contributed by atoms with E-state index in [-0.39, 0.29) is 26.1 Å². The maximum Gasteiger partial charge on any atom is 0.442 e. The van der Waals surface area contributed by atoms with Gasteiger partial charge in [0.25, 0.3) is 0 Å². The summed E-state index contributed by atoms with van der Waals surface area (Å²) < 4.78 is 45.4. The minimum absolute atomic E-state index is 0.0436. The molecule has 0 heterocycles. The molecule has 0 unspecified atom stereocenters. The van der Waals surface area contributed by atoms with Crippen molar-refractivity contribution >= 4 is 29.6 Å². The van der Waals surface area contributed by atoms with Gasteiger partial charge in [0.2, 0.25) is 5.91 Å². The first-order chi connectivity index (χ1) is 10.2. The number of ether oxygens (including phenoxy) is 2. The zero-order chi connectivity index (χ0) is 17.2. The van der Waals surface area contributed by atoms with Gasteiger partial charge in [-0.15, -0.1) is 0 Å². The van der Waals surface area contributed by atoms with Crippen molar-refractivity contribution in [2.24, 2.45) is 0 Å². The number of thioether (sulfide) groups is 1. The van der Waals surface area contributed by atoms with E-state index in [1.807, 2.05) is 0 Å². The van der Waals surface area contributed by atoms with Crippen LogP contribution < -0.4 is 5.32 Å². The summed E-state index contributed by atoms with van der Waals surface area (Å²) in [5.74, 6) is -3.23. The number of carbonyl (C=O) groups is 3. The molecule has 0 aliphatic carbocycles. The number of esters is 2. The molecule has 1 amide bonds. The summed E-state index contributed by atoms with van der Waals surface area (Å²) in [7, 11) is 0. The Morgan fingerprint density at radius 1 is 1.14 bits per heavy atom. The lowest BCUT2D eigenvalue weighted by molar-refractivity contribution is -0.148. The molecular weight excluding hydrogens is 327 g/mol. The number of hydrogen-bond acceptors (Lipinski definition) is 6. The first-order valence-corrected chi connectivity index (χ1v) is 7.50. The van der Waals surface area contributed by atoms with Gasteiger partial charge in [0.15, 0.2) is 0 Å². The van der Waals surface area contributed by atoms with Crippen LogP contribution in [0, 0.1) is 0 Å². The van der Waals surface area contributed by atoms with Gasteiger partial charge in [-0.25, -0.2) is 4.79 Å². The highest BCUT2D eigenvalue weighted by molar-refractivity contribution is 8.00. The largest absolute Gasteiger partial charge is 0.466 e. The number of halogens is 3. The Bertz CT molecular complexity index is 389. The maximum atomic E-state index is 12.0. The van der Waals surface area contributed by atoms with Crippen LogP contribution in [0.4, 0.5) is 13.2 Å². The normalized spacial score (nSPS) is 12.4. The predicted octanol–water partition coefficient (Wildman–Crippen LogP) is 1.63. The third-order valence-corrected chi connectivity index (χ3v) is 2.95. The third kappa shape index (κ3) is 10.3. The van der Waals surface area contributed by atoms with Crippen molar-refractivity contribution < 1.29 is 37.0 Å². The summed E-state index contributed by atoms with van der Waals surface area (Å²) >= 11 is -0.515. The van der Waals surface area contributed by atoms with Gasteiger partial charge >= 0.3 is 17.4 Å². The molecule has 0 radical (unpaired) electrons. The quantitative estimate of drug-likeness (QED) is 0.640. The van der Waals surface area contributed by atoms with Gasteiger partial charge in [0, 0.05) is 6.42 Å². The minimum Gasteiger partial charge on any atom is -0.466 e. The Morgan fingerprint density at radius 2 is 1.73 bits per heavy atom. The molecule has 22 heavy (non-hydrogen) atoms. The van der Waals surface area contributed by atoms with Gasteiger partial charge in [-0.2, -0.15) is 13.2 Å². The standard InChI is InChI=1S/C12H18F3NO5S/c1-3-20-10(18)6-5-8(11(19)21-4-2)16-9(17)7-22-12(13,14)15/h8H,3-7H2,1-2H3,(H,16,17)/t8-/m0/s1. The number of nitrogens with one attached hydrogen (secondary N) is 1. The zero-order valence-electron chi connectivity index (χ0n) is 12.2. The minimum atomic E-state index is -4.54. The zero-order valence-corrected chi connectivity index (χ0v) is 13.0. The molecule has 0 aromatic rings. The number of carbonyl (C=O) groups excluding carboxylic acids is 3. The lowest BCUT2D eigenvalue weighted by Gasteiger charge is -2.17. The van der Waals surface area contributed by atoms with Crippen LogP contribution in [0.1, 0.15) is 26.7 Å². The van der Waals surface area contributed by atoms with Crippen molar-refractivity contribution in [2.75, 3.05) is 19.0 Å². The molecule has 0 rings (SSSR count). The molecule has 0 saturated carbocycles. The van der Waals surface area contributed by atoms with Crippen molar-refractivity contribution in [3.63, 3.8) is 0 Å². The van der Waals surface area contributed by atoms with Gasteiger partial charge in [-0.3, -0.25) is 9.59 Å². The van der Waals surface area contributed by atoms with Crippen LogP contribution in [0.2, 0.25) is 0 Å². The number of hydrogen-bond donors (Lipinski definition) is 1. The van der Waals surface area contributed by atoms with Crippen molar-refractivity contribution in [2.45, 2.75) is 38.2 Å². The highest BCUT2D eigenvalue weighted by Crippen LogP contribution is 2.29. The number of rotatable bonds is 9. The summed E-state index contributed by atoms with van der Waals surface area (Å²) in [4.78, 5) is 34.3. The molecule has 10 heteroatoms. The van der Waals surface area contributed by atoms with Crippen molar-refractivity contribution in [3.8, 4) is 0 Å². The molecule has 0 spiro atoms. The Morgan fingerprint density at radius 3 is 2.23 bits per heavy atom. The monoisotopic (exact) mass is 345 g/mol. The number of amides is 1. The summed E-state index contributed by atoms with van der Waals surface area (Å²) in [5.41, 5.74) is -4.54. The van der Waals surface area contributed by atoms with Crippen LogP contribution in [0.25, 0.3) is 0 Å². The third-order valence-electron chi connectivity index (χ3n) is 2.22. The fraction of sp³-hybridized carbons (Fsp3) is 0.750. The smallest absolute Gasteiger partial charge is 0.442 e. The van der Waals surface area contributed by atoms with Crippen molar-refractivity contribution in [1.29, 1.82) is 0 Å². The first kappa shape index (κ1) is 20.6. The molecule has 128 valence electrons. The maximum absolute atomic E-state index is 12.0. The van der Waals surface area contributed by atoms with Gasteiger partial charge in [0.1, 0.15) is 6.04 Å². The van der Waals surface area contributed by atoms with Crippen molar-refractivity contribution in [3.05, 3.63) is 0 Å². The lowest BCUT2D eigenvalue weighted by atomic mass is 10.1. The second-order valence-corrected chi connectivity index (χ2v) is 4.99. The molecule has 1 atom stereocenters. The molecule has 0 saturated heterocycles. The van der Waals surface area contributed by atoms with Crippen LogP contribution in [0.3, 0.4) is 0 Å². The Labute approximate surface area is 130 Å². The summed E-state index contributed by atoms with van der Waals surface area (Å²) in [5, 5.41) is 2.13. The average molecular weight is 345 g/mol. The topological polar surface area (TPSA) is 81.7 Å². The molecule has 0 aromatic heterocycles. The highest BCUT2D eigenvalue weighted by atomic mass is 32.2. The lowest BCUT2D eigenvalue weighted by Crippen LogP contribution is -2.43. The van der Waals surface area contributed by atoms with Crippen LogP contribution in [-0.4, -0.2) is 48.4 Å². The van der Waals surface area contributed by atoms with Crippen LogP contribution in [-0.2, 0) is 23.9 Å². The molecule has 0 aliphatic heterocycles. The number of alkyl halides is 3. The van der Waals surface area contributed by atoms with Crippen LogP contribution >= 0.6 is 11.8 Å². The van der Waals surface area contributed by atoms with E-state index in [0.29, 0.717) is 0 Å². The van der Waals surface area contributed by atoms with Gasteiger partial charge in [-0.1, -0.05) is 0 Å². The predicted molar refractivity (Wildman–Crippen MR) is 72.9 cm³/mol. The Hall–Kier alpha value is -1.45. The van der Waals surface area contributed by atoms with Crippen LogP contribution in [0.15, 0.2) is 0 Å². The summed E-state index contributed by atoms with van der Waals surface area (Å²) in [6, 6.07) is -1.19. The van der Waals surface area contributed by atoms with E-state index < -0.39 is 46.9 Å². The average Bonchev–Trinajstić information content (AvgIpc) is 2.41. The molecule has 6 nitrogen and oxygen atoms in total. The molecule has 0 fully saturated rings. The van der Waals surface area contributed by atoms with E-state index in [9.17, 15) is 27.6 Å². The SMILES string of the molecule is CCOC(=O)CC[C@H](NC(=O)CSC(F)(F)F)C(=O)OCC. The second-order valence-electron chi connectivity index (χ2n) is 3.95. The van der Waals surface area contributed by atoms with Gasteiger partial charge in [0.05, 0.1) is 19.0 Å². The summed E-state index contributed by atoms with van der Waals surface area (Å²) in [6.45, 7) is 3.36. The molecule has 0 aliphatic rings. The summed E-state index contributed by atoms with van der Waals surface area (Å²) in [6.07, 6.45) is -0.274. The molecular formula is C12H18F3NO5S. The highest BCUT2D eigenvalue weighted by Gasteiger charge is 2.30. The van der Waals surface area contributed by atoms with E-state index in [4.69, 9.17) is 4.74 Å². The molecule has 0 bridgehead atoms. The second kappa shape index (κ2) is 10.3. The molecule has 0 aromatic carbocycles. The molecule has 1 N–H and O–H groups in total. The van der Waals surface area contributed by atoms with Gasteiger partial charge < -0.3 is 14.8 Å². The van der Waals surface area contributed by atoms with Crippen molar-refractivity contribution in [1.82, 2.24) is 5.32 Å². The Kier molecular flexibility index (Phi) is 9.63.